The highest BCUT2D eigenvalue weighted by atomic mass is 32.1. The average molecular weight is 286 g/mol. The summed E-state index contributed by atoms with van der Waals surface area (Å²) in [5, 5.41) is 12.4. The molecule has 3 heterocycles. The third kappa shape index (κ3) is 2.69. The minimum Gasteiger partial charge on any atom is -0.345 e. The van der Waals surface area contributed by atoms with Gasteiger partial charge in [-0.15, -0.1) is 16.4 Å². The summed E-state index contributed by atoms with van der Waals surface area (Å²) in [7, 11) is 0. The van der Waals surface area contributed by atoms with Crippen LogP contribution in [0.1, 0.15) is 16.2 Å². The molecule has 0 saturated carbocycles. The molecule has 0 spiro atoms. The quantitative estimate of drug-likeness (QED) is 0.774. The van der Waals surface area contributed by atoms with E-state index in [1.54, 1.807) is 34.2 Å². The molecule has 0 aliphatic carbocycles. The van der Waals surface area contributed by atoms with E-state index in [0.717, 1.165) is 5.69 Å². The van der Waals surface area contributed by atoms with Gasteiger partial charge in [-0.2, -0.15) is 0 Å². The van der Waals surface area contributed by atoms with E-state index in [2.05, 4.69) is 25.6 Å². The first-order valence-corrected chi connectivity index (χ1v) is 6.75. The van der Waals surface area contributed by atoms with Crippen LogP contribution in [-0.2, 0) is 6.54 Å². The van der Waals surface area contributed by atoms with Crippen molar-refractivity contribution in [2.75, 3.05) is 0 Å². The molecular formula is C12H10N6OS. The predicted molar refractivity (Wildman–Crippen MR) is 72.4 cm³/mol. The monoisotopic (exact) mass is 286 g/mol. The third-order valence-corrected chi connectivity index (χ3v) is 3.13. The Hall–Kier alpha value is -2.61. The summed E-state index contributed by atoms with van der Waals surface area (Å²) in [6, 6.07) is 3.69. The maximum Gasteiger partial charge on any atom is 0.271 e. The summed E-state index contributed by atoms with van der Waals surface area (Å²) < 4.78 is 1.61. The molecule has 1 amide bonds. The van der Waals surface area contributed by atoms with Crippen LogP contribution in [0, 0.1) is 0 Å². The average Bonchev–Trinajstić information content (AvgIpc) is 3.17. The molecule has 0 atom stereocenters. The van der Waals surface area contributed by atoms with Crippen LogP contribution in [0.3, 0.4) is 0 Å². The molecule has 20 heavy (non-hydrogen) atoms. The molecule has 8 heteroatoms. The number of nitrogens with one attached hydrogen (secondary N) is 1. The van der Waals surface area contributed by atoms with Crippen LogP contribution in [0.4, 0.5) is 0 Å². The second kappa shape index (κ2) is 5.57. The summed E-state index contributed by atoms with van der Waals surface area (Å²) >= 11 is 1.38. The van der Waals surface area contributed by atoms with Crippen molar-refractivity contribution < 1.29 is 4.79 Å². The van der Waals surface area contributed by atoms with Crippen LogP contribution in [-0.4, -0.2) is 30.9 Å². The first kappa shape index (κ1) is 12.4. The molecular weight excluding hydrogens is 276 g/mol. The van der Waals surface area contributed by atoms with Crippen LogP contribution >= 0.6 is 11.3 Å². The Bertz CT molecular complexity index is 694. The van der Waals surface area contributed by atoms with Gasteiger partial charge >= 0.3 is 0 Å². The van der Waals surface area contributed by atoms with E-state index < -0.39 is 0 Å². The standard InChI is InChI=1S/C12H10N6OS/c19-12(11-7-20-8-15-11)14-4-9-6-18(17-16-9)10-2-1-3-13-5-10/h1-3,5-8H,4H2,(H,14,19). The Kier molecular flexibility index (Phi) is 3.46. The fraction of sp³-hybridized carbons (Fsp3) is 0.0833. The van der Waals surface area contributed by atoms with Crippen LogP contribution in [0.15, 0.2) is 41.6 Å². The summed E-state index contributed by atoms with van der Waals surface area (Å²) in [6.07, 6.45) is 5.13. The lowest BCUT2D eigenvalue weighted by atomic mass is 10.4. The fourth-order valence-electron chi connectivity index (χ4n) is 1.58. The molecule has 1 N–H and O–H groups in total. The van der Waals surface area contributed by atoms with Gasteiger partial charge in [0.05, 0.1) is 30.1 Å². The van der Waals surface area contributed by atoms with Crippen molar-refractivity contribution in [1.29, 1.82) is 0 Å². The van der Waals surface area contributed by atoms with Crippen molar-refractivity contribution in [3.05, 3.63) is 53.0 Å². The number of carbonyl (C=O) groups excluding carboxylic acids is 1. The lowest BCUT2D eigenvalue weighted by Gasteiger charge is -1.99. The highest BCUT2D eigenvalue weighted by Crippen LogP contribution is 2.05. The second-order valence-corrected chi connectivity index (χ2v) is 4.64. The van der Waals surface area contributed by atoms with E-state index in [1.807, 2.05) is 12.1 Å². The molecule has 3 aromatic rings. The third-order valence-electron chi connectivity index (χ3n) is 2.55. The molecule has 0 aliphatic rings. The van der Waals surface area contributed by atoms with Gasteiger partial charge in [-0.1, -0.05) is 5.21 Å². The number of hydrogen-bond donors (Lipinski definition) is 1. The summed E-state index contributed by atoms with van der Waals surface area (Å²) in [6.45, 7) is 0.302. The van der Waals surface area contributed by atoms with Crippen molar-refractivity contribution in [2.24, 2.45) is 0 Å². The fourth-order valence-corrected chi connectivity index (χ4v) is 2.11. The normalized spacial score (nSPS) is 10.4. The molecule has 7 nitrogen and oxygen atoms in total. The number of rotatable bonds is 4. The maximum atomic E-state index is 11.7. The predicted octanol–water partition coefficient (Wildman–Crippen LogP) is 1.05. The van der Waals surface area contributed by atoms with Crippen molar-refractivity contribution in [1.82, 2.24) is 30.3 Å². The van der Waals surface area contributed by atoms with Gasteiger partial charge < -0.3 is 5.32 Å². The van der Waals surface area contributed by atoms with Crippen molar-refractivity contribution >= 4 is 17.2 Å². The summed E-state index contributed by atoms with van der Waals surface area (Å²) in [5.74, 6) is -0.220. The molecule has 0 saturated heterocycles. The molecule has 3 aromatic heterocycles. The first-order chi connectivity index (χ1) is 9.83. The maximum absolute atomic E-state index is 11.7. The molecule has 3 rings (SSSR count). The van der Waals surface area contributed by atoms with E-state index in [-0.39, 0.29) is 5.91 Å². The lowest BCUT2D eigenvalue weighted by Crippen LogP contribution is -2.23. The summed E-state index contributed by atoms with van der Waals surface area (Å²) in [5.41, 5.74) is 3.51. The molecule has 0 fully saturated rings. The van der Waals surface area contributed by atoms with Gasteiger partial charge in [0.2, 0.25) is 0 Å². The zero-order chi connectivity index (χ0) is 13.8. The largest absolute Gasteiger partial charge is 0.345 e. The van der Waals surface area contributed by atoms with Gasteiger partial charge in [-0.05, 0) is 12.1 Å². The van der Waals surface area contributed by atoms with E-state index in [1.165, 1.54) is 11.3 Å². The Labute approximate surface area is 118 Å². The van der Waals surface area contributed by atoms with Gasteiger partial charge in [0.15, 0.2) is 0 Å². The van der Waals surface area contributed by atoms with Gasteiger partial charge in [0.1, 0.15) is 11.4 Å². The van der Waals surface area contributed by atoms with Gasteiger partial charge in [0.25, 0.3) is 5.91 Å². The number of pyridine rings is 1. The van der Waals surface area contributed by atoms with E-state index in [0.29, 0.717) is 17.9 Å². The van der Waals surface area contributed by atoms with Gasteiger partial charge in [0, 0.05) is 11.6 Å². The van der Waals surface area contributed by atoms with Crippen molar-refractivity contribution in [3.63, 3.8) is 0 Å². The van der Waals surface area contributed by atoms with Crippen LogP contribution in [0.5, 0.6) is 0 Å². The van der Waals surface area contributed by atoms with E-state index in [4.69, 9.17) is 0 Å². The lowest BCUT2D eigenvalue weighted by molar-refractivity contribution is 0.0946. The Morgan fingerprint density at radius 3 is 3.15 bits per heavy atom. The highest BCUT2D eigenvalue weighted by Gasteiger charge is 2.08. The van der Waals surface area contributed by atoms with Crippen molar-refractivity contribution in [2.45, 2.75) is 6.54 Å². The number of thiazole rings is 1. The van der Waals surface area contributed by atoms with Gasteiger partial charge in [-0.25, -0.2) is 9.67 Å². The number of carbonyl (C=O) groups is 1. The minimum atomic E-state index is -0.220. The second-order valence-electron chi connectivity index (χ2n) is 3.92. The Balaban J connectivity index is 1.65. The zero-order valence-corrected chi connectivity index (χ0v) is 11.1. The van der Waals surface area contributed by atoms with E-state index >= 15 is 0 Å². The molecule has 0 aromatic carbocycles. The zero-order valence-electron chi connectivity index (χ0n) is 10.3. The molecule has 0 unspecified atom stereocenters. The highest BCUT2D eigenvalue weighted by molar-refractivity contribution is 7.07. The van der Waals surface area contributed by atoms with Crippen LogP contribution in [0.25, 0.3) is 5.69 Å². The number of hydrogen-bond acceptors (Lipinski definition) is 6. The minimum absolute atomic E-state index is 0.220. The topological polar surface area (TPSA) is 85.6 Å². The summed E-state index contributed by atoms with van der Waals surface area (Å²) in [4.78, 5) is 19.7. The Morgan fingerprint density at radius 1 is 1.45 bits per heavy atom. The molecule has 0 aliphatic heterocycles. The number of amides is 1. The van der Waals surface area contributed by atoms with Crippen LogP contribution < -0.4 is 5.32 Å². The van der Waals surface area contributed by atoms with Crippen molar-refractivity contribution in [3.8, 4) is 5.69 Å². The molecule has 0 bridgehead atoms. The van der Waals surface area contributed by atoms with Gasteiger partial charge in [-0.3, -0.25) is 9.78 Å². The Morgan fingerprint density at radius 2 is 2.40 bits per heavy atom. The van der Waals surface area contributed by atoms with E-state index in [9.17, 15) is 4.79 Å². The molecule has 100 valence electrons. The number of nitrogens with zero attached hydrogens (tertiary/aromatic N) is 5. The first-order valence-electron chi connectivity index (χ1n) is 5.81. The SMILES string of the molecule is O=C(NCc1cn(-c2cccnc2)nn1)c1cscn1. The molecule has 0 radical (unpaired) electrons. The number of aromatic nitrogens is 5. The van der Waals surface area contributed by atoms with Crippen LogP contribution in [0.2, 0.25) is 0 Å². The smallest absolute Gasteiger partial charge is 0.271 e.